The molecule has 86 valence electrons. The van der Waals surface area contributed by atoms with Gasteiger partial charge in [0, 0.05) is 16.2 Å². The van der Waals surface area contributed by atoms with Crippen LogP contribution in [0.25, 0.3) is 0 Å². The molecule has 0 unspecified atom stereocenters. The lowest BCUT2D eigenvalue weighted by molar-refractivity contribution is 0.0815. The first-order valence-electron chi connectivity index (χ1n) is 4.40. The molecule has 0 bridgehead atoms. The van der Waals surface area contributed by atoms with Crippen LogP contribution in [0.15, 0.2) is 18.2 Å². The molecule has 0 saturated carbocycles. The topological polar surface area (TPSA) is 46.3 Å². The van der Waals surface area contributed by atoms with E-state index >= 15 is 0 Å². The summed E-state index contributed by atoms with van der Waals surface area (Å²) in [5.74, 6) is -0.147. The number of thiocarbonyl (C=S) groups is 1. The molecule has 0 saturated heterocycles. The molecule has 1 rings (SSSR count). The molecule has 3 nitrogen and oxygen atoms in total. The number of rotatable bonds is 3. The maximum absolute atomic E-state index is 11.9. The molecular formula is C10H10ClIN2OS. The number of nitrogens with zero attached hydrogens (tertiary/aromatic N) is 1. The molecular weight excluding hydrogens is 359 g/mol. The van der Waals surface area contributed by atoms with Gasteiger partial charge in [-0.05, 0) is 40.8 Å². The number of carbonyl (C=O) groups excluding carboxylic acids is 1. The van der Waals surface area contributed by atoms with E-state index in [4.69, 9.17) is 29.6 Å². The summed E-state index contributed by atoms with van der Waals surface area (Å²) in [5, 5.41) is 0.565. The Morgan fingerprint density at radius 3 is 2.75 bits per heavy atom. The monoisotopic (exact) mass is 368 g/mol. The maximum atomic E-state index is 11.9. The zero-order valence-corrected chi connectivity index (χ0v) is 12.3. The molecule has 0 aromatic heterocycles. The number of amides is 1. The molecule has 1 aromatic carbocycles. The van der Waals surface area contributed by atoms with Crippen molar-refractivity contribution in [2.75, 3.05) is 13.6 Å². The number of likely N-dealkylation sites (N-methyl/N-ethyl adjacent to an activating group) is 1. The van der Waals surface area contributed by atoms with Crippen LogP contribution < -0.4 is 5.73 Å². The van der Waals surface area contributed by atoms with Gasteiger partial charge >= 0.3 is 0 Å². The predicted molar refractivity (Wildman–Crippen MR) is 77.9 cm³/mol. The lowest BCUT2D eigenvalue weighted by Crippen LogP contribution is -2.34. The largest absolute Gasteiger partial charge is 0.392 e. The summed E-state index contributed by atoms with van der Waals surface area (Å²) >= 11 is 12.8. The van der Waals surface area contributed by atoms with E-state index in [1.807, 2.05) is 0 Å². The van der Waals surface area contributed by atoms with E-state index in [0.717, 1.165) is 3.57 Å². The van der Waals surface area contributed by atoms with E-state index < -0.39 is 0 Å². The van der Waals surface area contributed by atoms with Gasteiger partial charge in [-0.1, -0.05) is 23.8 Å². The van der Waals surface area contributed by atoms with E-state index in [-0.39, 0.29) is 17.4 Å². The van der Waals surface area contributed by atoms with Crippen molar-refractivity contribution in [3.8, 4) is 0 Å². The Balaban J connectivity index is 2.88. The molecule has 6 heteroatoms. The number of hydrogen-bond donors (Lipinski definition) is 1. The third kappa shape index (κ3) is 3.57. The van der Waals surface area contributed by atoms with Gasteiger partial charge in [-0.25, -0.2) is 0 Å². The molecule has 0 fully saturated rings. The minimum atomic E-state index is -0.147. The van der Waals surface area contributed by atoms with Gasteiger partial charge in [0.25, 0.3) is 5.91 Å². The molecule has 0 aliphatic heterocycles. The van der Waals surface area contributed by atoms with E-state index in [9.17, 15) is 4.79 Å². The van der Waals surface area contributed by atoms with Crippen molar-refractivity contribution in [2.24, 2.45) is 5.73 Å². The standard InChI is InChI=1S/C10H10ClIN2OS/c1-14(5-9(13)16)10(15)6-2-3-8(12)7(11)4-6/h2-4H,5H2,1H3,(H2,13,16). The molecule has 16 heavy (non-hydrogen) atoms. The molecule has 0 atom stereocenters. The van der Waals surface area contributed by atoms with Crippen LogP contribution in [0.2, 0.25) is 5.02 Å². The average Bonchev–Trinajstić information content (AvgIpc) is 2.20. The quantitative estimate of drug-likeness (QED) is 0.658. The lowest BCUT2D eigenvalue weighted by Gasteiger charge is -2.16. The van der Waals surface area contributed by atoms with E-state index in [2.05, 4.69) is 22.6 Å². The number of halogens is 2. The summed E-state index contributed by atoms with van der Waals surface area (Å²) in [4.78, 5) is 13.6. The number of carbonyl (C=O) groups is 1. The fourth-order valence-corrected chi connectivity index (χ4v) is 1.86. The summed E-state index contributed by atoms with van der Waals surface area (Å²) in [6.45, 7) is 0.262. The predicted octanol–water partition coefficient (Wildman–Crippen LogP) is 2.30. The molecule has 1 aromatic rings. The highest BCUT2D eigenvalue weighted by molar-refractivity contribution is 14.1. The summed E-state index contributed by atoms with van der Waals surface area (Å²) in [6.07, 6.45) is 0. The van der Waals surface area contributed by atoms with Crippen LogP contribution in [0.5, 0.6) is 0 Å². The fourth-order valence-electron chi connectivity index (χ4n) is 1.16. The van der Waals surface area contributed by atoms with Crippen molar-refractivity contribution in [2.45, 2.75) is 0 Å². The SMILES string of the molecule is CN(CC(N)=S)C(=O)c1ccc(I)c(Cl)c1. The van der Waals surface area contributed by atoms with Crippen molar-refractivity contribution in [1.82, 2.24) is 4.90 Å². The van der Waals surface area contributed by atoms with Gasteiger partial charge in [0.05, 0.1) is 16.6 Å². The van der Waals surface area contributed by atoms with E-state index in [0.29, 0.717) is 10.6 Å². The van der Waals surface area contributed by atoms with Crippen molar-refractivity contribution < 1.29 is 4.79 Å². The summed E-state index contributed by atoms with van der Waals surface area (Å²) in [7, 11) is 1.65. The van der Waals surface area contributed by atoms with Crippen LogP contribution in [0.1, 0.15) is 10.4 Å². The van der Waals surface area contributed by atoms with Crippen molar-refractivity contribution in [3.63, 3.8) is 0 Å². The summed E-state index contributed by atoms with van der Waals surface area (Å²) in [5.41, 5.74) is 5.91. The Morgan fingerprint density at radius 1 is 1.62 bits per heavy atom. The Labute approximate surface area is 118 Å². The van der Waals surface area contributed by atoms with Crippen molar-refractivity contribution >= 4 is 57.3 Å². The highest BCUT2D eigenvalue weighted by atomic mass is 127. The zero-order valence-electron chi connectivity index (χ0n) is 8.54. The van der Waals surface area contributed by atoms with Crippen LogP contribution in [0, 0.1) is 3.57 Å². The van der Waals surface area contributed by atoms with Gasteiger partial charge in [0.2, 0.25) is 0 Å². The van der Waals surface area contributed by atoms with Crippen LogP contribution in [0.4, 0.5) is 0 Å². The van der Waals surface area contributed by atoms with E-state index in [1.54, 1.807) is 25.2 Å². The van der Waals surface area contributed by atoms with Gasteiger partial charge < -0.3 is 10.6 Å². The van der Waals surface area contributed by atoms with Crippen LogP contribution in [-0.2, 0) is 0 Å². The van der Waals surface area contributed by atoms with Gasteiger partial charge in [0.15, 0.2) is 0 Å². The second kappa shape index (κ2) is 5.79. The zero-order chi connectivity index (χ0) is 12.3. The molecule has 2 N–H and O–H groups in total. The fraction of sp³-hybridized carbons (Fsp3) is 0.200. The second-order valence-electron chi connectivity index (χ2n) is 3.26. The van der Waals surface area contributed by atoms with E-state index in [1.165, 1.54) is 4.90 Å². The average molecular weight is 369 g/mol. The van der Waals surface area contributed by atoms with Gasteiger partial charge in [-0.15, -0.1) is 0 Å². The molecule has 0 heterocycles. The Bertz CT molecular complexity index is 439. The molecule has 0 aliphatic carbocycles. The Hall–Kier alpha value is -0.400. The highest BCUT2D eigenvalue weighted by Gasteiger charge is 2.13. The lowest BCUT2D eigenvalue weighted by atomic mass is 10.2. The molecule has 0 radical (unpaired) electrons. The Morgan fingerprint density at radius 2 is 2.25 bits per heavy atom. The maximum Gasteiger partial charge on any atom is 0.254 e. The normalized spacial score (nSPS) is 9.94. The molecule has 0 aliphatic rings. The van der Waals surface area contributed by atoms with Gasteiger partial charge in [-0.3, -0.25) is 4.79 Å². The molecule has 1 amide bonds. The first kappa shape index (κ1) is 13.7. The third-order valence-corrected chi connectivity index (χ3v) is 3.61. The first-order valence-corrected chi connectivity index (χ1v) is 6.27. The van der Waals surface area contributed by atoms with Crippen molar-refractivity contribution in [1.29, 1.82) is 0 Å². The van der Waals surface area contributed by atoms with Crippen LogP contribution in [0.3, 0.4) is 0 Å². The minimum Gasteiger partial charge on any atom is -0.392 e. The molecule has 0 spiro atoms. The van der Waals surface area contributed by atoms with Crippen LogP contribution in [-0.4, -0.2) is 29.4 Å². The minimum absolute atomic E-state index is 0.147. The van der Waals surface area contributed by atoms with Gasteiger partial charge in [-0.2, -0.15) is 0 Å². The first-order chi connectivity index (χ1) is 7.41. The third-order valence-electron chi connectivity index (χ3n) is 1.91. The second-order valence-corrected chi connectivity index (χ2v) is 5.35. The number of benzene rings is 1. The summed E-state index contributed by atoms with van der Waals surface area (Å²) in [6, 6.07) is 5.17. The van der Waals surface area contributed by atoms with Crippen LogP contribution >= 0.6 is 46.4 Å². The highest BCUT2D eigenvalue weighted by Crippen LogP contribution is 2.20. The summed E-state index contributed by atoms with van der Waals surface area (Å²) < 4.78 is 0.910. The van der Waals surface area contributed by atoms with Gasteiger partial charge in [0.1, 0.15) is 0 Å². The van der Waals surface area contributed by atoms with Crippen molar-refractivity contribution in [3.05, 3.63) is 32.4 Å². The smallest absolute Gasteiger partial charge is 0.254 e. The number of nitrogens with two attached hydrogens (primary N) is 1. The Kier molecular flexibility index (Phi) is 4.94. The number of hydrogen-bond acceptors (Lipinski definition) is 2.